The maximum atomic E-state index is 13.7. The molecule has 5 heterocycles. The number of rotatable bonds is 6. The lowest BCUT2D eigenvalue weighted by Crippen LogP contribution is -2.57. The third-order valence-electron chi connectivity index (χ3n) is 7.44. The van der Waals surface area contributed by atoms with Crippen LogP contribution in [0.3, 0.4) is 0 Å². The van der Waals surface area contributed by atoms with Crippen LogP contribution < -0.4 is 0 Å². The van der Waals surface area contributed by atoms with Crippen molar-refractivity contribution < 1.29 is 27.2 Å². The van der Waals surface area contributed by atoms with Gasteiger partial charge in [0.15, 0.2) is 0 Å². The molecule has 1 atom stereocenters. The van der Waals surface area contributed by atoms with Gasteiger partial charge in [-0.25, -0.2) is 18.2 Å². The van der Waals surface area contributed by atoms with Crippen molar-refractivity contribution in [1.82, 2.24) is 24.0 Å². The van der Waals surface area contributed by atoms with Crippen LogP contribution in [-0.2, 0) is 27.7 Å². The molecule has 2 saturated heterocycles. The van der Waals surface area contributed by atoms with Gasteiger partial charge in [-0.15, -0.1) is 11.3 Å². The number of hydrogen-bond acceptors (Lipinski definition) is 9. The molecule has 208 valence electrons. The van der Waals surface area contributed by atoms with Gasteiger partial charge >= 0.3 is 12.0 Å². The summed E-state index contributed by atoms with van der Waals surface area (Å²) in [6, 6.07) is 6.46. The van der Waals surface area contributed by atoms with Crippen LogP contribution in [-0.4, -0.2) is 103 Å². The van der Waals surface area contributed by atoms with Gasteiger partial charge in [-0.2, -0.15) is 4.31 Å². The second kappa shape index (κ2) is 10.4. The Hall–Kier alpha value is -2.71. The van der Waals surface area contributed by atoms with Gasteiger partial charge in [0.1, 0.15) is 16.6 Å². The minimum Gasteiger partial charge on any atom is -0.448 e. The minimum absolute atomic E-state index is 0.0265. The molecule has 1 aromatic carbocycles. The Kier molecular flexibility index (Phi) is 7.04. The number of cyclic esters (lactones) is 1. The molecule has 2 aromatic heterocycles. The highest BCUT2D eigenvalue weighted by molar-refractivity contribution is 7.91. The molecule has 0 aliphatic carbocycles. The van der Waals surface area contributed by atoms with Gasteiger partial charge in [0, 0.05) is 54.9 Å². The Morgan fingerprint density at radius 2 is 2.05 bits per heavy atom. The summed E-state index contributed by atoms with van der Waals surface area (Å²) in [5, 5.41) is 1.35. The van der Waals surface area contributed by atoms with Crippen molar-refractivity contribution in [2.75, 3.05) is 52.9 Å². The molecular weight excluding hydrogens is 566 g/mol. The molecular formula is C25H28ClN5O6S2. The number of thiophene rings is 1. The number of hydrogen-bond donors (Lipinski definition) is 0. The highest BCUT2D eigenvalue weighted by atomic mass is 35.5. The fourth-order valence-corrected chi connectivity index (χ4v) is 8.56. The first kappa shape index (κ1) is 26.5. The largest absolute Gasteiger partial charge is 0.448 e. The first-order valence-electron chi connectivity index (χ1n) is 12.8. The van der Waals surface area contributed by atoms with Gasteiger partial charge in [-0.05, 0) is 37.1 Å². The highest BCUT2D eigenvalue weighted by Crippen LogP contribution is 2.34. The summed E-state index contributed by atoms with van der Waals surface area (Å²) in [4.78, 5) is 35.4. The lowest BCUT2D eigenvalue weighted by atomic mass is 10.1. The Morgan fingerprint density at radius 3 is 2.85 bits per heavy atom. The zero-order valence-electron chi connectivity index (χ0n) is 21.3. The standard InChI is InChI=1S/C25H28ClN5O6S2/c1-28-6-5-19-20(15-28)37-23(27-19)24(32)31-9-8-30(14-18(31)4-7-29-10-11-36-25(29)33)39(34,35)22-12-16-2-3-17(26)13-21(16)38-22/h2-3,12-13,18H,4-11,14-15H2,1H3. The number of amides is 2. The predicted octanol–water partition coefficient (Wildman–Crippen LogP) is 2.89. The summed E-state index contributed by atoms with van der Waals surface area (Å²) in [5.74, 6) is 0.350. The summed E-state index contributed by atoms with van der Waals surface area (Å²) in [5.41, 5.74) is 0.791. The number of oxazole rings is 1. The number of carbonyl (C=O) groups excluding carboxylic acids is 2. The van der Waals surface area contributed by atoms with Gasteiger partial charge in [-0.3, -0.25) is 9.69 Å². The van der Waals surface area contributed by atoms with E-state index in [1.165, 1.54) is 15.6 Å². The monoisotopic (exact) mass is 593 g/mol. The number of carbonyl (C=O) groups is 2. The molecule has 2 fully saturated rings. The van der Waals surface area contributed by atoms with E-state index < -0.39 is 22.2 Å². The Bertz CT molecular complexity index is 1540. The van der Waals surface area contributed by atoms with Gasteiger partial charge in [0.25, 0.3) is 15.9 Å². The number of likely N-dealkylation sites (N-methyl/N-ethyl adjacent to an activating group) is 1. The molecule has 2 amide bonds. The summed E-state index contributed by atoms with van der Waals surface area (Å²) in [6.45, 7) is 2.95. The van der Waals surface area contributed by atoms with Crippen LogP contribution in [0.1, 0.15) is 28.6 Å². The maximum Gasteiger partial charge on any atom is 0.409 e. The lowest BCUT2D eigenvalue weighted by Gasteiger charge is -2.40. The van der Waals surface area contributed by atoms with Crippen LogP contribution in [0.2, 0.25) is 5.02 Å². The van der Waals surface area contributed by atoms with Gasteiger partial charge in [0.05, 0.1) is 18.8 Å². The first-order chi connectivity index (χ1) is 18.7. The summed E-state index contributed by atoms with van der Waals surface area (Å²) >= 11 is 7.28. The molecule has 1 unspecified atom stereocenters. The third-order valence-corrected chi connectivity index (χ3v) is 11.1. The van der Waals surface area contributed by atoms with Crippen LogP contribution >= 0.6 is 22.9 Å². The van der Waals surface area contributed by atoms with E-state index in [0.717, 1.165) is 22.3 Å². The Balaban J connectivity index is 1.25. The molecule has 0 spiro atoms. The molecule has 0 bridgehead atoms. The molecule has 6 rings (SSSR count). The van der Waals surface area contributed by atoms with Crippen molar-refractivity contribution in [3.8, 4) is 0 Å². The summed E-state index contributed by atoms with van der Waals surface area (Å²) < 4.78 is 40.7. The summed E-state index contributed by atoms with van der Waals surface area (Å²) in [6.07, 6.45) is 0.690. The number of benzene rings is 1. The SMILES string of the molecule is CN1CCc2nc(C(=O)N3CCN(S(=O)(=O)c4cc5ccc(Cl)cc5s4)CC3CCN3CCOC3=O)oc2C1. The second-order valence-corrected chi connectivity index (χ2v) is 13.7. The van der Waals surface area contributed by atoms with Crippen molar-refractivity contribution in [2.45, 2.75) is 29.6 Å². The Labute approximate surface area is 234 Å². The molecule has 0 N–H and O–H groups in total. The van der Waals surface area contributed by atoms with Crippen LogP contribution in [0.15, 0.2) is 32.9 Å². The van der Waals surface area contributed by atoms with Gasteiger partial charge < -0.3 is 19.0 Å². The molecule has 11 nitrogen and oxygen atoms in total. The third kappa shape index (κ3) is 5.13. The number of aromatic nitrogens is 1. The number of halogens is 1. The van der Waals surface area contributed by atoms with Crippen molar-refractivity contribution in [1.29, 1.82) is 0 Å². The van der Waals surface area contributed by atoms with E-state index in [2.05, 4.69) is 9.88 Å². The van der Waals surface area contributed by atoms with Crippen LogP contribution in [0.25, 0.3) is 10.1 Å². The summed E-state index contributed by atoms with van der Waals surface area (Å²) in [7, 11) is -1.84. The van der Waals surface area contributed by atoms with E-state index in [0.29, 0.717) is 49.9 Å². The number of fused-ring (bicyclic) bond motifs is 2. The Morgan fingerprint density at radius 1 is 1.21 bits per heavy atom. The zero-order valence-corrected chi connectivity index (χ0v) is 23.7. The molecule has 14 heteroatoms. The van der Waals surface area contributed by atoms with E-state index in [1.807, 2.05) is 7.05 Å². The minimum atomic E-state index is -3.82. The number of nitrogens with zero attached hydrogens (tertiary/aromatic N) is 5. The first-order valence-corrected chi connectivity index (χ1v) is 15.4. The van der Waals surface area contributed by atoms with Crippen molar-refractivity contribution >= 4 is 55.0 Å². The highest BCUT2D eigenvalue weighted by Gasteiger charge is 2.39. The fraction of sp³-hybridized carbons (Fsp3) is 0.480. The zero-order chi connectivity index (χ0) is 27.3. The maximum absolute atomic E-state index is 13.7. The van der Waals surface area contributed by atoms with Crippen LogP contribution in [0.5, 0.6) is 0 Å². The molecule has 3 aliphatic rings. The topological polar surface area (TPSA) is 117 Å². The lowest BCUT2D eigenvalue weighted by molar-refractivity contribution is 0.0497. The molecule has 3 aromatic rings. The number of ether oxygens (including phenoxy) is 1. The van der Waals surface area contributed by atoms with E-state index in [1.54, 1.807) is 34.1 Å². The number of piperazine rings is 1. The van der Waals surface area contributed by atoms with Gasteiger partial charge in [-0.1, -0.05) is 17.7 Å². The van der Waals surface area contributed by atoms with E-state index in [4.69, 9.17) is 20.8 Å². The fourth-order valence-electron chi connectivity index (χ4n) is 5.27. The smallest absolute Gasteiger partial charge is 0.409 e. The van der Waals surface area contributed by atoms with Crippen molar-refractivity contribution in [3.05, 3.63) is 46.6 Å². The van der Waals surface area contributed by atoms with E-state index in [9.17, 15) is 18.0 Å². The molecule has 0 saturated carbocycles. The molecule has 0 radical (unpaired) electrons. The average Bonchev–Trinajstić information content (AvgIpc) is 3.64. The van der Waals surface area contributed by atoms with E-state index >= 15 is 0 Å². The second-order valence-electron chi connectivity index (χ2n) is 10.0. The van der Waals surface area contributed by atoms with Gasteiger partial charge in [0.2, 0.25) is 0 Å². The van der Waals surface area contributed by atoms with Crippen LogP contribution in [0, 0.1) is 0 Å². The van der Waals surface area contributed by atoms with E-state index in [-0.39, 0.29) is 35.6 Å². The predicted molar refractivity (Wildman–Crippen MR) is 144 cm³/mol. The molecule has 3 aliphatic heterocycles. The normalized spacial score (nSPS) is 21.0. The molecule has 39 heavy (non-hydrogen) atoms. The van der Waals surface area contributed by atoms with Crippen molar-refractivity contribution in [2.24, 2.45) is 0 Å². The van der Waals surface area contributed by atoms with Crippen molar-refractivity contribution in [3.63, 3.8) is 0 Å². The quantitative estimate of drug-likeness (QED) is 0.428. The average molecular weight is 594 g/mol. The van der Waals surface area contributed by atoms with Crippen LogP contribution in [0.4, 0.5) is 4.79 Å². The number of sulfonamides is 1.